The van der Waals surface area contributed by atoms with Gasteiger partial charge in [-0.25, -0.2) is 0 Å². The Labute approximate surface area is 362 Å². The first-order valence-corrected chi connectivity index (χ1v) is 21.2. The molecule has 2 heterocycles. The highest BCUT2D eigenvalue weighted by molar-refractivity contribution is 6.19. The minimum absolute atomic E-state index is 0.125. The fraction of sp³-hybridized carbons (Fsp3) is 0.0517. The van der Waals surface area contributed by atoms with Crippen LogP contribution in [0.3, 0.4) is 0 Å². The first-order chi connectivity index (χ1) is 30.4. The van der Waals surface area contributed by atoms with E-state index in [0.717, 1.165) is 45.1 Å². The Morgan fingerprint density at radius 1 is 0.548 bits per heavy atom. The molecule has 8 aromatic carbocycles. The van der Waals surface area contributed by atoms with E-state index in [1.54, 1.807) is 6.08 Å². The second-order valence-electron chi connectivity index (χ2n) is 16.7. The zero-order valence-electron chi connectivity index (χ0n) is 34.8. The lowest BCUT2D eigenvalue weighted by Crippen LogP contribution is -2.16. The standard InChI is InChI=1S/C58H44N4/c1-39(13-12-35-59)40-20-25-45(26-21-40)61(47-29-30-49-48-18-10-11-19-53(48)58(2,3)54(49)38-47)46-27-22-41(23-28-46)42-24-32-56-52(37-42)50-31-33-55-51(34-36-60(55)43-14-6-4-7-15-43)57(50)62(56)44-16-8-5-9-17-44/h4-38,59H,1H2,2-3H3/b13-12-,59-35?. The van der Waals surface area contributed by atoms with Gasteiger partial charge in [0.2, 0.25) is 0 Å². The van der Waals surface area contributed by atoms with Crippen LogP contribution in [-0.2, 0) is 5.41 Å². The first-order valence-electron chi connectivity index (χ1n) is 21.2. The molecular formula is C58H44N4. The van der Waals surface area contributed by atoms with Crippen LogP contribution in [0.4, 0.5) is 17.1 Å². The van der Waals surface area contributed by atoms with E-state index in [2.05, 4.69) is 229 Å². The average molecular weight is 797 g/mol. The zero-order chi connectivity index (χ0) is 42.0. The van der Waals surface area contributed by atoms with E-state index in [4.69, 9.17) is 5.41 Å². The van der Waals surface area contributed by atoms with Gasteiger partial charge in [-0.2, -0.15) is 0 Å². The molecule has 4 heteroatoms. The maximum Gasteiger partial charge on any atom is 0.0635 e. The van der Waals surface area contributed by atoms with Crippen LogP contribution in [0.15, 0.2) is 213 Å². The normalized spacial score (nSPS) is 12.9. The summed E-state index contributed by atoms with van der Waals surface area (Å²) in [6.45, 7) is 8.91. The third-order valence-electron chi connectivity index (χ3n) is 12.8. The molecule has 0 radical (unpaired) electrons. The van der Waals surface area contributed by atoms with E-state index in [1.165, 1.54) is 66.7 Å². The van der Waals surface area contributed by atoms with Crippen molar-refractivity contribution in [2.45, 2.75) is 19.3 Å². The van der Waals surface area contributed by atoms with Crippen LogP contribution >= 0.6 is 0 Å². The molecule has 296 valence electrons. The fourth-order valence-electron chi connectivity index (χ4n) is 9.73. The summed E-state index contributed by atoms with van der Waals surface area (Å²) in [6.07, 6.45) is 7.05. The molecule has 0 saturated heterocycles. The van der Waals surface area contributed by atoms with Crippen molar-refractivity contribution in [3.8, 4) is 33.6 Å². The van der Waals surface area contributed by atoms with Crippen LogP contribution in [0.5, 0.6) is 0 Å². The van der Waals surface area contributed by atoms with Gasteiger partial charge < -0.3 is 19.4 Å². The molecule has 0 amide bonds. The Kier molecular flexibility index (Phi) is 8.76. The third-order valence-corrected chi connectivity index (χ3v) is 12.8. The fourth-order valence-corrected chi connectivity index (χ4v) is 9.73. The van der Waals surface area contributed by atoms with E-state index in [1.807, 2.05) is 6.08 Å². The molecule has 0 bridgehead atoms. The van der Waals surface area contributed by atoms with Gasteiger partial charge in [0.05, 0.1) is 16.6 Å². The predicted molar refractivity (Wildman–Crippen MR) is 262 cm³/mol. The summed E-state index contributed by atoms with van der Waals surface area (Å²) >= 11 is 0. The Balaban J connectivity index is 1.02. The van der Waals surface area contributed by atoms with Crippen LogP contribution in [0.2, 0.25) is 0 Å². The number of fused-ring (bicyclic) bond motifs is 8. The zero-order valence-corrected chi connectivity index (χ0v) is 34.8. The number of para-hydroxylation sites is 2. The molecule has 1 N–H and O–H groups in total. The van der Waals surface area contributed by atoms with Gasteiger partial charge in [0.1, 0.15) is 0 Å². The number of allylic oxidation sites excluding steroid dienone is 3. The second kappa shape index (κ2) is 14.6. The Morgan fingerprint density at radius 3 is 1.92 bits per heavy atom. The van der Waals surface area contributed by atoms with Crippen molar-refractivity contribution in [1.29, 1.82) is 5.41 Å². The molecule has 0 spiro atoms. The highest BCUT2D eigenvalue weighted by Crippen LogP contribution is 2.51. The highest BCUT2D eigenvalue weighted by atomic mass is 15.1. The molecule has 10 aromatic rings. The molecule has 1 aliphatic carbocycles. The minimum Gasteiger partial charge on any atom is -0.316 e. The van der Waals surface area contributed by atoms with E-state index >= 15 is 0 Å². The van der Waals surface area contributed by atoms with Gasteiger partial charge in [-0.3, -0.25) is 0 Å². The van der Waals surface area contributed by atoms with Gasteiger partial charge in [0.25, 0.3) is 0 Å². The van der Waals surface area contributed by atoms with Crippen LogP contribution in [0.1, 0.15) is 30.5 Å². The van der Waals surface area contributed by atoms with Gasteiger partial charge >= 0.3 is 0 Å². The molecule has 1 aliphatic rings. The first kappa shape index (κ1) is 37.1. The molecule has 0 unspecified atom stereocenters. The largest absolute Gasteiger partial charge is 0.316 e. The molecule has 4 nitrogen and oxygen atoms in total. The summed E-state index contributed by atoms with van der Waals surface area (Å²) in [6, 6.07) is 68.3. The van der Waals surface area contributed by atoms with Gasteiger partial charge in [-0.05, 0) is 136 Å². The minimum atomic E-state index is -0.125. The number of aromatic nitrogens is 2. The van der Waals surface area contributed by atoms with E-state index in [0.29, 0.717) is 0 Å². The summed E-state index contributed by atoms with van der Waals surface area (Å²) in [5.41, 5.74) is 18.5. The molecule has 0 saturated carbocycles. The molecule has 0 aliphatic heterocycles. The summed E-state index contributed by atoms with van der Waals surface area (Å²) in [7, 11) is 0. The summed E-state index contributed by atoms with van der Waals surface area (Å²) in [5.74, 6) is 0. The number of anilines is 3. The topological polar surface area (TPSA) is 37.0 Å². The van der Waals surface area contributed by atoms with Crippen LogP contribution < -0.4 is 4.90 Å². The van der Waals surface area contributed by atoms with Crippen molar-refractivity contribution in [2.75, 3.05) is 4.90 Å². The monoisotopic (exact) mass is 796 g/mol. The van der Waals surface area contributed by atoms with E-state index < -0.39 is 0 Å². The summed E-state index contributed by atoms with van der Waals surface area (Å²) in [5, 5.41) is 11.1. The van der Waals surface area contributed by atoms with Crippen molar-refractivity contribution < 1.29 is 0 Å². The number of nitrogens with zero attached hydrogens (tertiary/aromatic N) is 3. The Morgan fingerprint density at radius 2 is 1.18 bits per heavy atom. The quantitative estimate of drug-likeness (QED) is 0.115. The summed E-state index contributed by atoms with van der Waals surface area (Å²) in [4.78, 5) is 2.35. The molecule has 62 heavy (non-hydrogen) atoms. The number of benzene rings is 8. The maximum atomic E-state index is 7.42. The number of hydrogen-bond donors (Lipinski definition) is 1. The van der Waals surface area contributed by atoms with Crippen LogP contribution in [-0.4, -0.2) is 15.3 Å². The maximum absolute atomic E-state index is 7.42. The van der Waals surface area contributed by atoms with Gasteiger partial charge in [0.15, 0.2) is 0 Å². The SMILES string of the molecule is C=C(/C=C\C=N)c1ccc(N(c2ccc(-c3ccc4c(c3)c3ccc5c(ccn5-c5ccccc5)c3n4-c3ccccc3)cc2)c2ccc3c(c2)C(C)(C)c2ccccc2-3)cc1. The molecule has 2 aromatic heterocycles. The second-order valence-corrected chi connectivity index (χ2v) is 16.7. The number of nitrogens with one attached hydrogen (secondary N) is 1. The predicted octanol–water partition coefficient (Wildman–Crippen LogP) is 15.4. The van der Waals surface area contributed by atoms with Crippen molar-refractivity contribution in [3.63, 3.8) is 0 Å². The van der Waals surface area contributed by atoms with Crippen molar-refractivity contribution >= 4 is 61.6 Å². The number of hydrogen-bond acceptors (Lipinski definition) is 2. The third kappa shape index (κ3) is 5.95. The van der Waals surface area contributed by atoms with Crippen molar-refractivity contribution in [1.82, 2.24) is 9.13 Å². The lowest BCUT2D eigenvalue weighted by atomic mass is 9.82. The lowest BCUT2D eigenvalue weighted by molar-refractivity contribution is 0.660. The molecular weight excluding hydrogens is 753 g/mol. The highest BCUT2D eigenvalue weighted by Gasteiger charge is 2.35. The average Bonchev–Trinajstić information content (AvgIpc) is 3.97. The van der Waals surface area contributed by atoms with Gasteiger partial charge in [-0.1, -0.05) is 130 Å². The van der Waals surface area contributed by atoms with Gasteiger partial charge in [0, 0.05) is 62.4 Å². The van der Waals surface area contributed by atoms with Gasteiger partial charge in [-0.15, -0.1) is 0 Å². The van der Waals surface area contributed by atoms with Crippen LogP contribution in [0, 0.1) is 5.41 Å². The summed E-state index contributed by atoms with van der Waals surface area (Å²) < 4.78 is 4.71. The lowest BCUT2D eigenvalue weighted by Gasteiger charge is -2.28. The van der Waals surface area contributed by atoms with E-state index in [9.17, 15) is 0 Å². The molecule has 11 rings (SSSR count). The smallest absolute Gasteiger partial charge is 0.0635 e. The van der Waals surface area contributed by atoms with Crippen molar-refractivity contribution in [3.05, 3.63) is 230 Å². The Bertz CT molecular complexity index is 3380. The molecule has 0 atom stereocenters. The van der Waals surface area contributed by atoms with Crippen molar-refractivity contribution in [2.24, 2.45) is 0 Å². The van der Waals surface area contributed by atoms with E-state index in [-0.39, 0.29) is 5.41 Å². The molecule has 0 fully saturated rings. The number of rotatable bonds is 9. The Hall–Kier alpha value is -7.95. The van der Waals surface area contributed by atoms with Crippen LogP contribution in [0.25, 0.3) is 71.9 Å².